The van der Waals surface area contributed by atoms with Crippen LogP contribution in [0.3, 0.4) is 0 Å². The third kappa shape index (κ3) is 5.94. The summed E-state index contributed by atoms with van der Waals surface area (Å²) >= 11 is 6.10. The molecule has 0 saturated carbocycles. The molecule has 1 fully saturated rings. The van der Waals surface area contributed by atoms with Gasteiger partial charge in [0.1, 0.15) is 5.82 Å². The van der Waals surface area contributed by atoms with Gasteiger partial charge in [-0.1, -0.05) is 31.5 Å². The number of halogens is 2. The highest BCUT2D eigenvalue weighted by Crippen LogP contribution is 2.24. The van der Waals surface area contributed by atoms with Crippen molar-refractivity contribution in [1.82, 2.24) is 15.1 Å². The number of amides is 1. The smallest absolute Gasteiger partial charge is 0.223 e. The van der Waals surface area contributed by atoms with Crippen molar-refractivity contribution in [3.63, 3.8) is 0 Å². The van der Waals surface area contributed by atoms with Crippen LogP contribution in [0.25, 0.3) is 0 Å². The van der Waals surface area contributed by atoms with Gasteiger partial charge in [-0.05, 0) is 51.2 Å². The Balaban J connectivity index is 1.75. The Morgan fingerprint density at radius 1 is 1.32 bits per heavy atom. The van der Waals surface area contributed by atoms with Gasteiger partial charge in [-0.15, -0.1) is 0 Å². The van der Waals surface area contributed by atoms with Crippen LogP contribution >= 0.6 is 11.6 Å². The number of nitrogens with zero attached hydrogens (tertiary/aromatic N) is 2. The summed E-state index contributed by atoms with van der Waals surface area (Å²) in [6.45, 7) is 9.94. The second-order valence-corrected chi connectivity index (χ2v) is 6.98. The van der Waals surface area contributed by atoms with E-state index in [1.165, 1.54) is 6.07 Å². The fraction of sp³-hybridized carbons (Fsp3) is 0.632. The molecule has 1 aromatic carbocycles. The van der Waals surface area contributed by atoms with Crippen LogP contribution in [-0.4, -0.2) is 55.0 Å². The van der Waals surface area contributed by atoms with Gasteiger partial charge >= 0.3 is 0 Å². The summed E-state index contributed by atoms with van der Waals surface area (Å²) < 4.78 is 13.9. The molecule has 2 rings (SSSR count). The third-order valence-electron chi connectivity index (χ3n) is 5.02. The average molecular weight is 370 g/mol. The molecular formula is C19H29ClFN3O. The second kappa shape index (κ2) is 10.1. The fourth-order valence-electron chi connectivity index (χ4n) is 3.28. The predicted octanol–water partition coefficient (Wildman–Crippen LogP) is 3.15. The van der Waals surface area contributed by atoms with Gasteiger partial charge in [0.25, 0.3) is 0 Å². The molecule has 1 aliphatic heterocycles. The number of carbonyl (C=O) groups is 1. The fourth-order valence-corrected chi connectivity index (χ4v) is 3.50. The molecule has 0 unspecified atom stereocenters. The molecule has 0 bridgehead atoms. The standard InChI is InChI=1S/C19H29ClFN3O/c1-3-23(4-2)13-10-22-19(25)15-8-11-24(12-9-15)14-16-17(20)6-5-7-18(16)21/h5-7,15H,3-4,8-14H2,1-2H3,(H,22,25). The van der Waals surface area contributed by atoms with E-state index in [-0.39, 0.29) is 17.6 Å². The van der Waals surface area contributed by atoms with Crippen molar-refractivity contribution >= 4 is 17.5 Å². The maximum atomic E-state index is 13.9. The zero-order valence-corrected chi connectivity index (χ0v) is 16.0. The number of hydrogen-bond acceptors (Lipinski definition) is 3. The van der Waals surface area contributed by atoms with Gasteiger partial charge in [-0.25, -0.2) is 4.39 Å². The summed E-state index contributed by atoms with van der Waals surface area (Å²) in [6, 6.07) is 4.78. The molecule has 1 aromatic rings. The molecule has 4 nitrogen and oxygen atoms in total. The molecule has 0 spiro atoms. The van der Waals surface area contributed by atoms with E-state index in [1.807, 2.05) is 0 Å². The van der Waals surface area contributed by atoms with Crippen LogP contribution in [0.5, 0.6) is 0 Å². The number of nitrogens with one attached hydrogen (secondary N) is 1. The molecule has 0 aromatic heterocycles. The van der Waals surface area contributed by atoms with Gasteiger partial charge in [0.05, 0.1) is 0 Å². The van der Waals surface area contributed by atoms with Crippen molar-refractivity contribution in [2.75, 3.05) is 39.3 Å². The molecule has 0 atom stereocenters. The first-order valence-corrected chi connectivity index (χ1v) is 9.58. The van der Waals surface area contributed by atoms with Crippen LogP contribution in [0.2, 0.25) is 5.02 Å². The maximum absolute atomic E-state index is 13.9. The third-order valence-corrected chi connectivity index (χ3v) is 5.38. The molecule has 140 valence electrons. The highest BCUT2D eigenvalue weighted by Gasteiger charge is 2.25. The first-order chi connectivity index (χ1) is 12.0. The Hall–Kier alpha value is -1.17. The van der Waals surface area contributed by atoms with E-state index in [1.54, 1.807) is 12.1 Å². The molecule has 0 radical (unpaired) electrons. The Kier molecular flexibility index (Phi) is 8.13. The van der Waals surface area contributed by atoms with Crippen molar-refractivity contribution in [2.45, 2.75) is 33.2 Å². The lowest BCUT2D eigenvalue weighted by atomic mass is 9.95. The Morgan fingerprint density at radius 2 is 2.00 bits per heavy atom. The predicted molar refractivity (Wildman–Crippen MR) is 100 cm³/mol. The van der Waals surface area contributed by atoms with Gasteiger partial charge < -0.3 is 10.2 Å². The van der Waals surface area contributed by atoms with E-state index >= 15 is 0 Å². The summed E-state index contributed by atoms with van der Waals surface area (Å²) in [5.41, 5.74) is 0.547. The molecular weight excluding hydrogens is 341 g/mol. The lowest BCUT2D eigenvalue weighted by molar-refractivity contribution is -0.126. The lowest BCUT2D eigenvalue weighted by Crippen LogP contribution is -2.42. The van der Waals surface area contributed by atoms with Crippen LogP contribution in [0.15, 0.2) is 18.2 Å². The first kappa shape index (κ1) is 20.1. The minimum absolute atomic E-state index is 0.0593. The van der Waals surface area contributed by atoms with Crippen LogP contribution in [-0.2, 0) is 11.3 Å². The largest absolute Gasteiger partial charge is 0.355 e. The van der Waals surface area contributed by atoms with Crippen LogP contribution in [0.4, 0.5) is 4.39 Å². The summed E-state index contributed by atoms with van der Waals surface area (Å²) in [7, 11) is 0. The van der Waals surface area contributed by atoms with E-state index < -0.39 is 0 Å². The Labute approximate surface area is 155 Å². The van der Waals surface area contributed by atoms with E-state index in [0.717, 1.165) is 45.6 Å². The number of piperidine rings is 1. The minimum Gasteiger partial charge on any atom is -0.355 e. The number of carbonyl (C=O) groups excluding carboxylic acids is 1. The Bertz CT molecular complexity index is 537. The number of benzene rings is 1. The van der Waals surface area contributed by atoms with Gasteiger partial charge in [-0.2, -0.15) is 0 Å². The van der Waals surface area contributed by atoms with Crippen LogP contribution in [0, 0.1) is 11.7 Å². The number of likely N-dealkylation sites (N-methyl/N-ethyl adjacent to an activating group) is 1. The molecule has 0 aliphatic carbocycles. The topological polar surface area (TPSA) is 35.6 Å². The zero-order valence-electron chi connectivity index (χ0n) is 15.2. The molecule has 1 amide bonds. The van der Waals surface area contributed by atoms with Gasteiger partial charge in [0, 0.05) is 36.1 Å². The first-order valence-electron chi connectivity index (χ1n) is 9.20. The minimum atomic E-state index is -0.260. The van der Waals surface area contributed by atoms with E-state index in [9.17, 15) is 9.18 Å². The van der Waals surface area contributed by atoms with Crippen molar-refractivity contribution < 1.29 is 9.18 Å². The molecule has 1 saturated heterocycles. The monoisotopic (exact) mass is 369 g/mol. The van der Waals surface area contributed by atoms with Crippen molar-refractivity contribution in [1.29, 1.82) is 0 Å². The quantitative estimate of drug-likeness (QED) is 0.764. The van der Waals surface area contributed by atoms with E-state index in [4.69, 9.17) is 11.6 Å². The van der Waals surface area contributed by atoms with Gasteiger partial charge in [0.15, 0.2) is 0 Å². The van der Waals surface area contributed by atoms with Gasteiger partial charge in [0.2, 0.25) is 5.91 Å². The number of likely N-dealkylation sites (tertiary alicyclic amines) is 1. The Morgan fingerprint density at radius 3 is 2.60 bits per heavy atom. The highest BCUT2D eigenvalue weighted by atomic mass is 35.5. The average Bonchev–Trinajstić information content (AvgIpc) is 2.62. The van der Waals surface area contributed by atoms with Crippen molar-refractivity contribution in [2.24, 2.45) is 5.92 Å². The maximum Gasteiger partial charge on any atom is 0.223 e. The summed E-state index contributed by atoms with van der Waals surface area (Å²) in [6.07, 6.45) is 1.62. The van der Waals surface area contributed by atoms with Gasteiger partial charge in [-0.3, -0.25) is 9.69 Å². The number of hydrogen-bond donors (Lipinski definition) is 1. The lowest BCUT2D eigenvalue weighted by Gasteiger charge is -2.31. The molecule has 1 heterocycles. The van der Waals surface area contributed by atoms with Crippen LogP contribution < -0.4 is 5.32 Å². The SMILES string of the molecule is CCN(CC)CCNC(=O)C1CCN(Cc2c(F)cccc2Cl)CC1. The molecule has 1 N–H and O–H groups in total. The van der Waals surface area contributed by atoms with Crippen LogP contribution in [0.1, 0.15) is 32.3 Å². The highest BCUT2D eigenvalue weighted by molar-refractivity contribution is 6.31. The van der Waals surface area contributed by atoms with Crippen molar-refractivity contribution in [3.05, 3.63) is 34.6 Å². The zero-order chi connectivity index (χ0) is 18.2. The summed E-state index contributed by atoms with van der Waals surface area (Å²) in [5, 5.41) is 3.52. The molecule has 25 heavy (non-hydrogen) atoms. The molecule has 1 aliphatic rings. The summed E-state index contributed by atoms with van der Waals surface area (Å²) in [4.78, 5) is 16.8. The normalized spacial score (nSPS) is 16.4. The summed E-state index contributed by atoms with van der Waals surface area (Å²) in [5.74, 6) is -0.0523. The molecule has 6 heteroatoms. The second-order valence-electron chi connectivity index (χ2n) is 6.57. The van der Waals surface area contributed by atoms with Crippen molar-refractivity contribution in [3.8, 4) is 0 Å². The van der Waals surface area contributed by atoms with E-state index in [2.05, 4.69) is 29.0 Å². The van der Waals surface area contributed by atoms with E-state index in [0.29, 0.717) is 23.7 Å². The number of rotatable bonds is 8.